The summed E-state index contributed by atoms with van der Waals surface area (Å²) in [4.78, 5) is 4.55. The molecule has 0 aliphatic carbocycles. The molecule has 2 N–H and O–H groups in total. The fourth-order valence-electron chi connectivity index (χ4n) is 2.49. The van der Waals surface area contributed by atoms with Crippen molar-refractivity contribution in [2.45, 2.75) is 0 Å². The number of ether oxygens (including phenoxy) is 1. The summed E-state index contributed by atoms with van der Waals surface area (Å²) < 4.78 is 13.6. The van der Waals surface area contributed by atoms with Gasteiger partial charge in [0, 0.05) is 5.56 Å². The second kappa shape index (κ2) is 5.64. The predicted molar refractivity (Wildman–Crippen MR) is 93.0 cm³/mol. The lowest BCUT2D eigenvalue weighted by molar-refractivity contribution is 0.414. The van der Waals surface area contributed by atoms with Gasteiger partial charge < -0.3 is 14.9 Å². The van der Waals surface area contributed by atoms with Crippen LogP contribution in [0.25, 0.3) is 28.2 Å². The van der Waals surface area contributed by atoms with Crippen LogP contribution in [0.3, 0.4) is 0 Å². The summed E-state index contributed by atoms with van der Waals surface area (Å²) in [5.41, 5.74) is 9.62. The van der Waals surface area contributed by atoms with Gasteiger partial charge >= 0.3 is 0 Å². The molecule has 0 bridgehead atoms. The number of nitrogen functional groups attached to an aromatic ring is 1. The van der Waals surface area contributed by atoms with E-state index in [2.05, 4.69) is 31.1 Å². The molecule has 0 spiro atoms. The predicted octanol–water partition coefficient (Wildman–Crippen LogP) is 3.43. The second-order valence-corrected chi connectivity index (χ2v) is 5.98. The van der Waals surface area contributed by atoms with Crippen molar-refractivity contribution in [3.8, 4) is 22.9 Å². The van der Waals surface area contributed by atoms with Gasteiger partial charge in [0.2, 0.25) is 5.89 Å². The van der Waals surface area contributed by atoms with Crippen molar-refractivity contribution in [1.82, 2.24) is 19.7 Å². The third-order valence-corrected chi connectivity index (χ3v) is 4.20. The molecule has 0 amide bonds. The highest BCUT2D eigenvalue weighted by Gasteiger charge is 2.14. The average Bonchev–Trinajstić information content (AvgIpc) is 3.23. The first-order chi connectivity index (χ1) is 11.7. The molecule has 120 valence electrons. The van der Waals surface area contributed by atoms with Gasteiger partial charge in [0.1, 0.15) is 18.2 Å². The zero-order chi connectivity index (χ0) is 16.7. The Hall–Kier alpha value is -2.87. The van der Waals surface area contributed by atoms with Gasteiger partial charge in [0.05, 0.1) is 23.0 Å². The minimum absolute atomic E-state index is 0.487. The number of methoxy groups -OCH3 is 1. The third-order valence-electron chi connectivity index (χ3n) is 3.61. The smallest absolute Gasteiger partial charge is 0.227 e. The number of hydrogen-bond acceptors (Lipinski definition) is 6. The minimum Gasteiger partial charge on any atom is -0.493 e. The zero-order valence-electron chi connectivity index (χ0n) is 12.6. The van der Waals surface area contributed by atoms with Gasteiger partial charge in [0.15, 0.2) is 11.3 Å². The van der Waals surface area contributed by atoms with Gasteiger partial charge in [-0.25, -0.2) is 4.98 Å². The van der Waals surface area contributed by atoms with Gasteiger partial charge in [0.25, 0.3) is 0 Å². The van der Waals surface area contributed by atoms with E-state index >= 15 is 0 Å². The molecule has 0 saturated carbocycles. The van der Waals surface area contributed by atoms with Gasteiger partial charge in [-0.1, -0.05) is 0 Å². The van der Waals surface area contributed by atoms with Crippen LogP contribution in [0.1, 0.15) is 0 Å². The molecule has 0 aliphatic heterocycles. The SMILES string of the molecule is COc1c(N)cc(-c2nc3cc(-n4cnnc4)ccc3o2)cc1Br. The van der Waals surface area contributed by atoms with E-state index in [1.807, 2.05) is 24.3 Å². The first-order valence-electron chi connectivity index (χ1n) is 7.04. The van der Waals surface area contributed by atoms with Crippen LogP contribution >= 0.6 is 15.9 Å². The number of aromatic nitrogens is 4. The van der Waals surface area contributed by atoms with E-state index in [9.17, 15) is 0 Å². The van der Waals surface area contributed by atoms with Crippen molar-refractivity contribution >= 4 is 32.7 Å². The van der Waals surface area contributed by atoms with Crippen LogP contribution in [0.15, 0.2) is 51.9 Å². The number of nitrogens with zero attached hydrogens (tertiary/aromatic N) is 4. The van der Waals surface area contributed by atoms with Gasteiger partial charge in [-0.05, 0) is 46.3 Å². The third kappa shape index (κ3) is 2.41. The molecule has 2 heterocycles. The van der Waals surface area contributed by atoms with Crippen molar-refractivity contribution in [2.75, 3.05) is 12.8 Å². The Morgan fingerprint density at radius 3 is 2.67 bits per heavy atom. The van der Waals surface area contributed by atoms with Crippen LogP contribution in [0.5, 0.6) is 5.75 Å². The van der Waals surface area contributed by atoms with E-state index in [1.54, 1.807) is 30.4 Å². The van der Waals surface area contributed by atoms with Crippen LogP contribution in [-0.4, -0.2) is 26.9 Å². The lowest BCUT2D eigenvalue weighted by Gasteiger charge is -2.08. The fraction of sp³-hybridized carbons (Fsp3) is 0.0625. The van der Waals surface area contributed by atoms with E-state index in [-0.39, 0.29) is 0 Å². The number of nitrogens with two attached hydrogens (primary N) is 1. The molecule has 0 aliphatic rings. The summed E-state index contributed by atoms with van der Waals surface area (Å²) in [6.45, 7) is 0. The maximum Gasteiger partial charge on any atom is 0.227 e. The number of hydrogen-bond donors (Lipinski definition) is 1. The summed E-state index contributed by atoms with van der Waals surface area (Å²) in [5.74, 6) is 1.07. The Kier molecular flexibility index (Phi) is 3.46. The Morgan fingerprint density at radius 1 is 1.17 bits per heavy atom. The van der Waals surface area contributed by atoms with Crippen LogP contribution in [0.4, 0.5) is 5.69 Å². The fourth-order valence-corrected chi connectivity index (χ4v) is 3.12. The van der Waals surface area contributed by atoms with Crippen molar-refractivity contribution in [1.29, 1.82) is 0 Å². The summed E-state index contributed by atoms with van der Waals surface area (Å²) in [6.07, 6.45) is 3.26. The summed E-state index contributed by atoms with van der Waals surface area (Å²) in [7, 11) is 1.57. The van der Waals surface area contributed by atoms with E-state index in [0.717, 1.165) is 21.2 Å². The highest BCUT2D eigenvalue weighted by atomic mass is 79.9. The molecular formula is C16H12BrN5O2. The van der Waals surface area contributed by atoms with E-state index in [4.69, 9.17) is 14.9 Å². The molecule has 2 aromatic carbocycles. The number of anilines is 1. The van der Waals surface area contributed by atoms with Crippen molar-refractivity contribution in [2.24, 2.45) is 0 Å². The number of benzene rings is 2. The van der Waals surface area contributed by atoms with Crippen LogP contribution in [-0.2, 0) is 0 Å². The molecule has 24 heavy (non-hydrogen) atoms. The molecular weight excluding hydrogens is 374 g/mol. The van der Waals surface area contributed by atoms with Crippen molar-refractivity contribution in [3.63, 3.8) is 0 Å². The normalized spacial score (nSPS) is 11.1. The quantitative estimate of drug-likeness (QED) is 0.543. The lowest BCUT2D eigenvalue weighted by Crippen LogP contribution is -1.94. The maximum atomic E-state index is 6.01. The Bertz CT molecular complexity index is 1000. The number of halogens is 1. The maximum absolute atomic E-state index is 6.01. The van der Waals surface area contributed by atoms with Crippen LogP contribution < -0.4 is 10.5 Å². The number of rotatable bonds is 3. The number of oxazole rings is 1. The summed E-state index contributed by atoms with van der Waals surface area (Å²) >= 11 is 3.45. The lowest BCUT2D eigenvalue weighted by atomic mass is 10.2. The highest BCUT2D eigenvalue weighted by Crippen LogP contribution is 2.36. The van der Waals surface area contributed by atoms with E-state index in [0.29, 0.717) is 22.9 Å². The molecule has 2 aromatic heterocycles. The van der Waals surface area contributed by atoms with Crippen molar-refractivity contribution in [3.05, 3.63) is 47.5 Å². The second-order valence-electron chi connectivity index (χ2n) is 5.12. The minimum atomic E-state index is 0.487. The molecule has 8 heteroatoms. The molecule has 0 saturated heterocycles. The average molecular weight is 386 g/mol. The zero-order valence-corrected chi connectivity index (χ0v) is 14.2. The first-order valence-corrected chi connectivity index (χ1v) is 7.84. The Balaban J connectivity index is 1.81. The largest absolute Gasteiger partial charge is 0.493 e. The van der Waals surface area contributed by atoms with Gasteiger partial charge in [-0.3, -0.25) is 4.57 Å². The monoisotopic (exact) mass is 385 g/mol. The molecule has 7 nitrogen and oxygen atoms in total. The van der Waals surface area contributed by atoms with Crippen LogP contribution in [0.2, 0.25) is 0 Å². The number of fused-ring (bicyclic) bond motifs is 1. The van der Waals surface area contributed by atoms with E-state index < -0.39 is 0 Å². The standard InChI is InChI=1S/C16H12BrN5O2/c1-23-15-11(17)4-9(5-12(15)18)16-21-13-6-10(2-3-14(13)24-16)22-7-19-20-8-22/h2-8H,18H2,1H3. The molecule has 0 atom stereocenters. The van der Waals surface area contributed by atoms with E-state index in [1.165, 1.54) is 0 Å². The Morgan fingerprint density at radius 2 is 1.96 bits per heavy atom. The molecule has 0 radical (unpaired) electrons. The highest BCUT2D eigenvalue weighted by molar-refractivity contribution is 9.10. The van der Waals surface area contributed by atoms with Crippen molar-refractivity contribution < 1.29 is 9.15 Å². The molecule has 4 aromatic rings. The molecule has 0 fully saturated rings. The topological polar surface area (TPSA) is 92.0 Å². The van der Waals surface area contributed by atoms with Gasteiger partial charge in [-0.2, -0.15) is 0 Å². The Labute approximate surface area is 145 Å². The van der Waals surface area contributed by atoms with Gasteiger partial charge in [-0.15, -0.1) is 10.2 Å². The summed E-state index contributed by atoms with van der Waals surface area (Å²) in [6, 6.07) is 9.32. The molecule has 4 rings (SSSR count). The first kappa shape index (κ1) is 14.7. The summed E-state index contributed by atoms with van der Waals surface area (Å²) in [5, 5.41) is 7.61. The van der Waals surface area contributed by atoms with Crippen LogP contribution in [0, 0.1) is 0 Å². The molecule has 0 unspecified atom stereocenters.